The molecule has 170 valence electrons. The second kappa shape index (κ2) is 9.67. The number of nitrogens with zero attached hydrogens (tertiary/aromatic N) is 3. The number of aliphatic hydroxyl groups is 1. The maximum Gasteiger partial charge on any atom is 0.282 e. The van der Waals surface area contributed by atoms with Gasteiger partial charge >= 0.3 is 0 Å². The number of amides is 1. The predicted molar refractivity (Wildman–Crippen MR) is 126 cm³/mol. The van der Waals surface area contributed by atoms with E-state index >= 15 is 0 Å². The first-order valence-electron chi connectivity index (χ1n) is 10.6. The molecule has 0 bridgehead atoms. The zero-order valence-electron chi connectivity index (χ0n) is 18.0. The lowest BCUT2D eigenvalue weighted by Crippen LogP contribution is -2.50. The molecule has 4 rings (SSSR count). The Bertz CT molecular complexity index is 1010. The molecule has 2 aliphatic heterocycles. The smallest absolute Gasteiger partial charge is 0.282 e. The number of anilines is 1. The van der Waals surface area contributed by atoms with Crippen LogP contribution in [0.3, 0.4) is 0 Å². The standard InChI is InChI=1S/C23H26Cl2N4O3/c1-14-21(23(31)27-28-11-9-17(30)10-12-28)26-29(20-8-5-16(24)13-19(20)25)22(14)15-3-6-18(32-2)7-4-15/h3-8,13-14,17,22,30H,9-12H2,1-2H3,(H,27,31). The molecular weight excluding hydrogens is 451 g/mol. The topological polar surface area (TPSA) is 77.4 Å². The van der Waals surface area contributed by atoms with Crippen molar-refractivity contribution in [3.05, 3.63) is 58.1 Å². The number of carbonyl (C=O) groups excluding carboxylic acids is 1. The third kappa shape index (κ3) is 4.71. The molecule has 1 fully saturated rings. The summed E-state index contributed by atoms with van der Waals surface area (Å²) in [6.45, 7) is 3.18. The minimum Gasteiger partial charge on any atom is -0.497 e. The Hall–Kier alpha value is -2.32. The number of hydrogen-bond donors (Lipinski definition) is 2. The summed E-state index contributed by atoms with van der Waals surface area (Å²) in [5.41, 5.74) is 5.03. The lowest BCUT2D eigenvalue weighted by atomic mass is 9.91. The van der Waals surface area contributed by atoms with Gasteiger partial charge < -0.3 is 9.84 Å². The van der Waals surface area contributed by atoms with E-state index in [1.54, 1.807) is 24.3 Å². The molecule has 2 unspecified atom stereocenters. The van der Waals surface area contributed by atoms with Gasteiger partial charge in [0.1, 0.15) is 11.5 Å². The van der Waals surface area contributed by atoms with Gasteiger partial charge in [0.2, 0.25) is 0 Å². The van der Waals surface area contributed by atoms with Crippen molar-refractivity contribution in [2.75, 3.05) is 25.2 Å². The van der Waals surface area contributed by atoms with Gasteiger partial charge in [-0.3, -0.25) is 15.2 Å². The van der Waals surface area contributed by atoms with Crippen LogP contribution >= 0.6 is 23.2 Å². The van der Waals surface area contributed by atoms with Gasteiger partial charge in [0.25, 0.3) is 5.91 Å². The number of hydrazone groups is 1. The number of hydrogen-bond acceptors (Lipinski definition) is 6. The highest BCUT2D eigenvalue weighted by molar-refractivity contribution is 6.41. The van der Waals surface area contributed by atoms with Crippen molar-refractivity contribution in [1.29, 1.82) is 0 Å². The van der Waals surface area contributed by atoms with Gasteiger partial charge in [-0.1, -0.05) is 42.3 Å². The van der Waals surface area contributed by atoms with Crippen molar-refractivity contribution < 1.29 is 14.6 Å². The van der Waals surface area contributed by atoms with E-state index in [-0.39, 0.29) is 24.0 Å². The lowest BCUT2D eigenvalue weighted by Gasteiger charge is -2.30. The van der Waals surface area contributed by atoms with Crippen LogP contribution in [0.4, 0.5) is 5.69 Å². The quantitative estimate of drug-likeness (QED) is 0.680. The Kier molecular flexibility index (Phi) is 6.90. The van der Waals surface area contributed by atoms with Crippen molar-refractivity contribution in [3.63, 3.8) is 0 Å². The molecule has 2 N–H and O–H groups in total. The summed E-state index contributed by atoms with van der Waals surface area (Å²) in [6, 6.07) is 12.7. The minimum atomic E-state index is -0.312. The van der Waals surface area contributed by atoms with E-state index in [9.17, 15) is 9.90 Å². The largest absolute Gasteiger partial charge is 0.497 e. The summed E-state index contributed by atoms with van der Waals surface area (Å²) in [5, 5.41) is 19.0. The summed E-state index contributed by atoms with van der Waals surface area (Å²) in [4.78, 5) is 13.2. The van der Waals surface area contributed by atoms with Crippen LogP contribution in [0.2, 0.25) is 10.0 Å². The normalized spacial score (nSPS) is 22.0. The Morgan fingerprint density at radius 1 is 1.16 bits per heavy atom. The van der Waals surface area contributed by atoms with Crippen molar-refractivity contribution in [3.8, 4) is 5.75 Å². The summed E-state index contributed by atoms with van der Waals surface area (Å²) >= 11 is 12.6. The lowest BCUT2D eigenvalue weighted by molar-refractivity contribution is -0.120. The molecule has 0 radical (unpaired) electrons. The van der Waals surface area contributed by atoms with Gasteiger partial charge in [0.05, 0.1) is 30.0 Å². The number of nitrogens with one attached hydrogen (secondary N) is 1. The van der Waals surface area contributed by atoms with Crippen LogP contribution in [0.5, 0.6) is 5.75 Å². The monoisotopic (exact) mass is 476 g/mol. The molecule has 1 amide bonds. The van der Waals surface area contributed by atoms with E-state index in [1.807, 2.05) is 42.3 Å². The Morgan fingerprint density at radius 3 is 2.47 bits per heavy atom. The summed E-state index contributed by atoms with van der Waals surface area (Å²) in [7, 11) is 1.62. The van der Waals surface area contributed by atoms with Gasteiger partial charge in [-0.25, -0.2) is 5.01 Å². The second-order valence-electron chi connectivity index (χ2n) is 8.09. The van der Waals surface area contributed by atoms with Crippen molar-refractivity contribution >= 4 is 40.5 Å². The highest BCUT2D eigenvalue weighted by atomic mass is 35.5. The van der Waals surface area contributed by atoms with Crippen LogP contribution in [-0.4, -0.2) is 48.0 Å². The van der Waals surface area contributed by atoms with Gasteiger partial charge in [0.15, 0.2) is 0 Å². The van der Waals surface area contributed by atoms with Crippen LogP contribution in [0, 0.1) is 5.92 Å². The van der Waals surface area contributed by atoms with Crippen LogP contribution in [0.15, 0.2) is 47.6 Å². The molecule has 32 heavy (non-hydrogen) atoms. The summed E-state index contributed by atoms with van der Waals surface area (Å²) < 4.78 is 5.29. The fourth-order valence-electron chi connectivity index (χ4n) is 4.16. The van der Waals surface area contributed by atoms with Crippen LogP contribution in [0.1, 0.15) is 31.4 Å². The van der Waals surface area contributed by atoms with Gasteiger partial charge in [-0.15, -0.1) is 0 Å². The van der Waals surface area contributed by atoms with Crippen molar-refractivity contribution in [2.24, 2.45) is 11.0 Å². The fraction of sp³-hybridized carbons (Fsp3) is 0.391. The maximum atomic E-state index is 13.2. The molecule has 0 aromatic heterocycles. The number of ether oxygens (including phenoxy) is 1. The number of hydrazine groups is 1. The molecule has 1 saturated heterocycles. The highest BCUT2D eigenvalue weighted by Crippen LogP contribution is 2.42. The number of carbonyl (C=O) groups is 1. The average molecular weight is 477 g/mol. The molecule has 2 aliphatic rings. The zero-order chi connectivity index (χ0) is 22.8. The van der Waals surface area contributed by atoms with E-state index in [0.717, 1.165) is 11.3 Å². The molecular formula is C23H26Cl2N4O3. The Labute approximate surface area is 197 Å². The number of methoxy groups -OCH3 is 1. The number of aliphatic hydroxyl groups excluding tert-OH is 1. The third-order valence-electron chi connectivity index (χ3n) is 5.95. The first-order valence-corrected chi connectivity index (χ1v) is 11.3. The first-order chi connectivity index (χ1) is 15.4. The maximum absolute atomic E-state index is 13.2. The molecule has 0 saturated carbocycles. The molecule has 0 spiro atoms. The van der Waals surface area contributed by atoms with Crippen LogP contribution in [0.25, 0.3) is 0 Å². The first kappa shape index (κ1) is 22.9. The molecule has 7 nitrogen and oxygen atoms in total. The van der Waals surface area contributed by atoms with Gasteiger partial charge in [0, 0.05) is 24.0 Å². The van der Waals surface area contributed by atoms with E-state index in [0.29, 0.717) is 47.4 Å². The Balaban J connectivity index is 1.65. The number of halogens is 2. The second-order valence-corrected chi connectivity index (χ2v) is 8.94. The SMILES string of the molecule is COc1ccc(C2C(C)C(C(=O)NN3CCC(O)CC3)=NN2c2ccc(Cl)cc2Cl)cc1. The molecule has 2 atom stereocenters. The molecule has 9 heteroatoms. The molecule has 0 aliphatic carbocycles. The average Bonchev–Trinajstić information content (AvgIpc) is 3.12. The van der Waals surface area contributed by atoms with Gasteiger partial charge in [-0.2, -0.15) is 5.10 Å². The summed E-state index contributed by atoms with van der Waals surface area (Å²) in [6.07, 6.45) is 0.944. The minimum absolute atomic E-state index is 0.203. The number of benzene rings is 2. The van der Waals surface area contributed by atoms with E-state index in [2.05, 4.69) is 5.43 Å². The van der Waals surface area contributed by atoms with E-state index in [1.165, 1.54) is 0 Å². The zero-order valence-corrected chi connectivity index (χ0v) is 19.5. The Morgan fingerprint density at radius 2 is 1.84 bits per heavy atom. The fourth-order valence-corrected chi connectivity index (χ4v) is 4.66. The highest BCUT2D eigenvalue weighted by Gasteiger charge is 2.40. The van der Waals surface area contributed by atoms with E-state index < -0.39 is 0 Å². The predicted octanol–water partition coefficient (Wildman–Crippen LogP) is 4.04. The number of piperidine rings is 1. The van der Waals surface area contributed by atoms with Crippen LogP contribution in [-0.2, 0) is 4.79 Å². The van der Waals surface area contributed by atoms with Crippen molar-refractivity contribution in [1.82, 2.24) is 10.4 Å². The van der Waals surface area contributed by atoms with Crippen molar-refractivity contribution in [2.45, 2.75) is 31.9 Å². The van der Waals surface area contributed by atoms with Gasteiger partial charge in [-0.05, 0) is 48.7 Å². The third-order valence-corrected chi connectivity index (χ3v) is 6.49. The molecule has 2 aromatic carbocycles. The molecule has 2 aromatic rings. The van der Waals surface area contributed by atoms with Crippen LogP contribution < -0.4 is 15.2 Å². The van der Waals surface area contributed by atoms with E-state index in [4.69, 9.17) is 33.0 Å². The number of rotatable bonds is 5. The summed E-state index contributed by atoms with van der Waals surface area (Å²) in [5.74, 6) is 0.298. The molecule has 2 heterocycles.